The van der Waals surface area contributed by atoms with Crippen LogP contribution in [0.5, 0.6) is 5.75 Å². The van der Waals surface area contributed by atoms with E-state index in [4.69, 9.17) is 4.74 Å². The van der Waals surface area contributed by atoms with Crippen molar-refractivity contribution in [3.63, 3.8) is 0 Å². The molecular weight excluding hydrogens is 254 g/mol. The van der Waals surface area contributed by atoms with Crippen molar-refractivity contribution in [3.05, 3.63) is 30.3 Å². The minimum Gasteiger partial charge on any atom is -0.481 e. The maximum absolute atomic E-state index is 12.0. The number of amides is 1. The molecule has 0 aliphatic rings. The zero-order valence-electron chi connectivity index (χ0n) is 12.5. The van der Waals surface area contributed by atoms with Gasteiger partial charge < -0.3 is 15.2 Å². The summed E-state index contributed by atoms with van der Waals surface area (Å²) in [5.41, 5.74) is 0. The Hall–Kier alpha value is -1.55. The molecule has 1 rings (SSSR count). The molecule has 4 nitrogen and oxygen atoms in total. The number of hydrogen-bond acceptors (Lipinski definition) is 3. The van der Waals surface area contributed by atoms with Crippen LogP contribution in [-0.4, -0.2) is 29.8 Å². The molecule has 0 bridgehead atoms. The van der Waals surface area contributed by atoms with Gasteiger partial charge in [-0.05, 0) is 30.9 Å². The zero-order valence-corrected chi connectivity index (χ0v) is 12.5. The van der Waals surface area contributed by atoms with E-state index in [0.717, 1.165) is 0 Å². The summed E-state index contributed by atoms with van der Waals surface area (Å²) in [6, 6.07) is 9.28. The molecule has 1 amide bonds. The highest BCUT2D eigenvalue weighted by atomic mass is 16.5. The van der Waals surface area contributed by atoms with E-state index in [0.29, 0.717) is 24.5 Å². The highest BCUT2D eigenvalue weighted by Crippen LogP contribution is 2.12. The summed E-state index contributed by atoms with van der Waals surface area (Å²) in [6.07, 6.45) is 0.231. The molecule has 0 saturated carbocycles. The van der Waals surface area contributed by atoms with Gasteiger partial charge in [-0.2, -0.15) is 0 Å². The molecule has 20 heavy (non-hydrogen) atoms. The van der Waals surface area contributed by atoms with Gasteiger partial charge in [-0.3, -0.25) is 4.79 Å². The maximum Gasteiger partial charge on any atom is 0.261 e. The van der Waals surface area contributed by atoms with Crippen LogP contribution in [0.15, 0.2) is 30.3 Å². The molecule has 1 aromatic carbocycles. The number of hydrogen-bond donors (Lipinski definition) is 2. The van der Waals surface area contributed by atoms with Gasteiger partial charge in [0.25, 0.3) is 5.91 Å². The first kappa shape index (κ1) is 16.5. The fourth-order valence-corrected chi connectivity index (χ4v) is 1.95. The molecule has 2 atom stereocenters. The third-order valence-electron chi connectivity index (χ3n) is 2.94. The molecule has 4 heteroatoms. The standard InChI is InChI=1S/C16H25NO3/c1-4-15(20-14-8-6-5-7-9-14)16(19)17-11-13(18)10-12(2)3/h5-9,12-13,15,18H,4,10-11H2,1-3H3,(H,17,19). The van der Waals surface area contributed by atoms with Crippen molar-refractivity contribution in [1.29, 1.82) is 0 Å². The van der Waals surface area contributed by atoms with Crippen molar-refractivity contribution in [1.82, 2.24) is 5.32 Å². The first-order chi connectivity index (χ1) is 9.52. The highest BCUT2D eigenvalue weighted by Gasteiger charge is 2.19. The van der Waals surface area contributed by atoms with E-state index >= 15 is 0 Å². The first-order valence-electron chi connectivity index (χ1n) is 7.20. The normalized spacial score (nSPS) is 13.8. The fourth-order valence-electron chi connectivity index (χ4n) is 1.95. The number of para-hydroxylation sites is 1. The Morgan fingerprint density at radius 2 is 1.95 bits per heavy atom. The second-order valence-electron chi connectivity index (χ2n) is 5.36. The Balaban J connectivity index is 2.43. The predicted molar refractivity (Wildman–Crippen MR) is 79.6 cm³/mol. The van der Waals surface area contributed by atoms with Gasteiger partial charge in [0.2, 0.25) is 0 Å². The van der Waals surface area contributed by atoms with Crippen molar-refractivity contribution in [2.24, 2.45) is 5.92 Å². The van der Waals surface area contributed by atoms with Crippen molar-refractivity contribution < 1.29 is 14.6 Å². The predicted octanol–water partition coefficient (Wildman–Crippen LogP) is 2.37. The summed E-state index contributed by atoms with van der Waals surface area (Å²) in [5.74, 6) is 0.904. The molecule has 2 unspecified atom stereocenters. The Bertz CT molecular complexity index is 392. The fraction of sp³-hybridized carbons (Fsp3) is 0.562. The second kappa shape index (κ2) is 8.59. The van der Waals surface area contributed by atoms with E-state index in [-0.39, 0.29) is 12.5 Å². The zero-order chi connectivity index (χ0) is 15.0. The van der Waals surface area contributed by atoms with E-state index in [1.54, 1.807) is 0 Å². The smallest absolute Gasteiger partial charge is 0.261 e. The molecule has 0 aliphatic carbocycles. The molecule has 2 N–H and O–H groups in total. The van der Waals surface area contributed by atoms with Crippen LogP contribution in [0.3, 0.4) is 0 Å². The number of carbonyl (C=O) groups is 1. The van der Waals surface area contributed by atoms with Gasteiger partial charge >= 0.3 is 0 Å². The van der Waals surface area contributed by atoms with Crippen molar-refractivity contribution in [2.75, 3.05) is 6.54 Å². The minimum absolute atomic E-state index is 0.181. The van der Waals surface area contributed by atoms with Crippen LogP contribution in [0.25, 0.3) is 0 Å². The summed E-state index contributed by atoms with van der Waals surface area (Å²) < 4.78 is 5.65. The van der Waals surface area contributed by atoms with E-state index in [9.17, 15) is 9.90 Å². The van der Waals surface area contributed by atoms with E-state index in [2.05, 4.69) is 5.32 Å². The van der Waals surface area contributed by atoms with Crippen LogP contribution in [0.2, 0.25) is 0 Å². The van der Waals surface area contributed by atoms with E-state index < -0.39 is 12.2 Å². The molecule has 0 fully saturated rings. The van der Waals surface area contributed by atoms with Crippen molar-refractivity contribution in [3.8, 4) is 5.75 Å². The number of rotatable bonds is 8. The lowest BCUT2D eigenvalue weighted by Gasteiger charge is -2.19. The van der Waals surface area contributed by atoms with Crippen LogP contribution < -0.4 is 10.1 Å². The lowest BCUT2D eigenvalue weighted by molar-refractivity contribution is -0.128. The number of nitrogens with one attached hydrogen (secondary N) is 1. The number of aliphatic hydroxyl groups is 1. The number of carbonyl (C=O) groups excluding carboxylic acids is 1. The quantitative estimate of drug-likeness (QED) is 0.768. The average Bonchev–Trinajstić information content (AvgIpc) is 2.42. The van der Waals surface area contributed by atoms with Gasteiger partial charge in [0, 0.05) is 6.54 Å². The third-order valence-corrected chi connectivity index (χ3v) is 2.94. The van der Waals surface area contributed by atoms with Crippen LogP contribution in [-0.2, 0) is 4.79 Å². The lowest BCUT2D eigenvalue weighted by atomic mass is 10.1. The first-order valence-corrected chi connectivity index (χ1v) is 7.20. The monoisotopic (exact) mass is 279 g/mol. The maximum atomic E-state index is 12.0. The van der Waals surface area contributed by atoms with Crippen molar-refractivity contribution >= 4 is 5.91 Å². The molecule has 1 aromatic rings. The number of ether oxygens (including phenoxy) is 1. The van der Waals surface area contributed by atoms with Gasteiger partial charge in [0.15, 0.2) is 6.10 Å². The number of aliphatic hydroxyl groups excluding tert-OH is 1. The third kappa shape index (κ3) is 6.06. The van der Waals surface area contributed by atoms with Crippen LogP contribution in [0, 0.1) is 5.92 Å². The highest BCUT2D eigenvalue weighted by molar-refractivity contribution is 5.81. The second-order valence-corrected chi connectivity index (χ2v) is 5.36. The molecule has 0 radical (unpaired) electrons. The topological polar surface area (TPSA) is 58.6 Å². The van der Waals surface area contributed by atoms with Crippen LogP contribution in [0.4, 0.5) is 0 Å². The van der Waals surface area contributed by atoms with E-state index in [1.165, 1.54) is 0 Å². The van der Waals surface area contributed by atoms with Gasteiger partial charge in [0.1, 0.15) is 5.75 Å². The summed E-state index contributed by atoms with van der Waals surface area (Å²) in [5, 5.41) is 12.5. The van der Waals surface area contributed by atoms with Gasteiger partial charge in [-0.25, -0.2) is 0 Å². The lowest BCUT2D eigenvalue weighted by Crippen LogP contribution is -2.41. The summed E-state index contributed by atoms with van der Waals surface area (Å²) in [4.78, 5) is 12.0. The Kier molecular flexibility index (Phi) is 7.09. The van der Waals surface area contributed by atoms with Crippen LogP contribution in [0.1, 0.15) is 33.6 Å². The van der Waals surface area contributed by atoms with Crippen LogP contribution >= 0.6 is 0 Å². The molecule has 0 saturated heterocycles. The van der Waals surface area contributed by atoms with Gasteiger partial charge in [0.05, 0.1) is 6.10 Å². The Morgan fingerprint density at radius 1 is 1.30 bits per heavy atom. The van der Waals surface area contributed by atoms with Gasteiger partial charge in [-0.1, -0.05) is 39.0 Å². The molecule has 0 aromatic heterocycles. The summed E-state index contributed by atoms with van der Waals surface area (Å²) >= 11 is 0. The van der Waals surface area contributed by atoms with E-state index in [1.807, 2.05) is 51.1 Å². The summed E-state index contributed by atoms with van der Waals surface area (Å²) in [6.45, 7) is 6.25. The molecule has 0 spiro atoms. The van der Waals surface area contributed by atoms with Gasteiger partial charge in [-0.15, -0.1) is 0 Å². The molecular formula is C16H25NO3. The minimum atomic E-state index is -0.524. The summed E-state index contributed by atoms with van der Waals surface area (Å²) in [7, 11) is 0. The Labute approximate surface area is 121 Å². The van der Waals surface area contributed by atoms with Crippen molar-refractivity contribution in [2.45, 2.75) is 45.8 Å². The Morgan fingerprint density at radius 3 is 2.50 bits per heavy atom. The number of benzene rings is 1. The SMILES string of the molecule is CCC(Oc1ccccc1)C(=O)NCC(O)CC(C)C. The molecule has 0 aliphatic heterocycles. The largest absolute Gasteiger partial charge is 0.481 e. The molecule has 112 valence electrons. The molecule has 0 heterocycles. The average molecular weight is 279 g/mol.